The Hall–Kier alpha value is -3.03. The van der Waals surface area contributed by atoms with Crippen LogP contribution in [0.25, 0.3) is 0 Å². The molecule has 0 spiro atoms. The van der Waals surface area contributed by atoms with Crippen molar-refractivity contribution >= 4 is 46.5 Å². The molecule has 0 saturated carbocycles. The summed E-state index contributed by atoms with van der Waals surface area (Å²) in [7, 11) is 0. The van der Waals surface area contributed by atoms with E-state index in [4.69, 9.17) is 23.2 Å². The minimum atomic E-state index is -0.495. The number of halogens is 2. The van der Waals surface area contributed by atoms with E-state index in [9.17, 15) is 9.59 Å². The highest BCUT2D eigenvalue weighted by atomic mass is 35.5. The van der Waals surface area contributed by atoms with Crippen LogP contribution in [0.15, 0.2) is 48.5 Å². The number of carbonyl (C=O) groups excluding carboxylic acids is 2. The first kappa shape index (κ1) is 21.7. The topological polar surface area (TPSA) is 88.0 Å². The summed E-state index contributed by atoms with van der Waals surface area (Å²) in [6.07, 6.45) is 0. The third-order valence-electron chi connectivity index (χ3n) is 4.23. The molecule has 3 aromatic rings. The quantitative estimate of drug-likeness (QED) is 0.517. The number of amides is 3. The van der Waals surface area contributed by atoms with Gasteiger partial charge in [0, 0.05) is 16.4 Å². The summed E-state index contributed by atoms with van der Waals surface area (Å²) < 4.78 is 1.90. The number of nitrogens with zero attached hydrogens (tertiary/aromatic N) is 2. The third-order valence-corrected chi connectivity index (χ3v) is 4.80. The standard InChI is InChI=1S/C21H21Cl2N5O2/c1-13-8-14(2)28(27-13)12-15-4-3-5-17(9-15)25-21(30)24-11-20(29)26-19-10-16(22)6-7-18(19)23/h3-10H,11-12H2,1-2H3,(H,26,29)(H2,24,25,30). The molecule has 0 saturated heterocycles. The molecule has 3 rings (SSSR count). The van der Waals surface area contributed by atoms with Gasteiger partial charge in [0.1, 0.15) is 0 Å². The van der Waals surface area contributed by atoms with Gasteiger partial charge in [-0.15, -0.1) is 0 Å². The zero-order chi connectivity index (χ0) is 21.7. The lowest BCUT2D eigenvalue weighted by molar-refractivity contribution is -0.115. The van der Waals surface area contributed by atoms with Crippen LogP contribution in [0.2, 0.25) is 10.0 Å². The number of aryl methyl sites for hydroxylation is 2. The minimum Gasteiger partial charge on any atom is -0.329 e. The Kier molecular flexibility index (Phi) is 6.97. The molecule has 0 unspecified atom stereocenters. The molecule has 0 fully saturated rings. The van der Waals surface area contributed by atoms with Gasteiger partial charge in [0.05, 0.1) is 29.5 Å². The lowest BCUT2D eigenvalue weighted by Gasteiger charge is -2.11. The van der Waals surface area contributed by atoms with Gasteiger partial charge in [-0.05, 0) is 55.8 Å². The lowest BCUT2D eigenvalue weighted by Crippen LogP contribution is -2.35. The second-order valence-corrected chi connectivity index (χ2v) is 7.61. The summed E-state index contributed by atoms with van der Waals surface area (Å²) in [5.74, 6) is -0.424. The van der Waals surface area contributed by atoms with Crippen molar-refractivity contribution in [1.29, 1.82) is 0 Å². The SMILES string of the molecule is Cc1cc(C)n(Cc2cccc(NC(=O)NCC(=O)Nc3cc(Cl)ccc3Cl)c2)n1. The average Bonchev–Trinajstić information content (AvgIpc) is 3.00. The van der Waals surface area contributed by atoms with Crippen LogP contribution in [0, 0.1) is 13.8 Å². The number of benzene rings is 2. The summed E-state index contributed by atoms with van der Waals surface area (Å²) in [5.41, 5.74) is 4.01. The van der Waals surface area contributed by atoms with Crippen LogP contribution in [0.4, 0.5) is 16.2 Å². The second-order valence-electron chi connectivity index (χ2n) is 6.77. The number of aromatic nitrogens is 2. The third kappa shape index (κ3) is 5.98. The van der Waals surface area contributed by atoms with Crippen molar-refractivity contribution in [3.05, 3.63) is 75.5 Å². The van der Waals surface area contributed by atoms with E-state index < -0.39 is 11.9 Å². The molecule has 0 aliphatic carbocycles. The predicted octanol–water partition coefficient (Wildman–Crippen LogP) is 4.62. The summed E-state index contributed by atoms with van der Waals surface area (Å²) in [6, 6.07) is 13.7. The maximum Gasteiger partial charge on any atom is 0.319 e. The first-order valence-electron chi connectivity index (χ1n) is 9.20. The summed E-state index contributed by atoms with van der Waals surface area (Å²) in [6.45, 7) is 4.32. The van der Waals surface area contributed by atoms with Crippen molar-refractivity contribution in [3.8, 4) is 0 Å². The minimum absolute atomic E-state index is 0.222. The lowest BCUT2D eigenvalue weighted by atomic mass is 10.2. The van der Waals surface area contributed by atoms with E-state index in [1.165, 1.54) is 6.07 Å². The molecule has 1 aromatic heterocycles. The molecule has 156 valence electrons. The van der Waals surface area contributed by atoms with Gasteiger partial charge in [-0.25, -0.2) is 4.79 Å². The first-order chi connectivity index (χ1) is 14.3. The van der Waals surface area contributed by atoms with E-state index in [1.807, 2.05) is 42.8 Å². The highest BCUT2D eigenvalue weighted by Gasteiger charge is 2.09. The second kappa shape index (κ2) is 9.65. The molecular formula is C21H21Cl2N5O2. The van der Waals surface area contributed by atoms with Crippen LogP contribution in [-0.2, 0) is 11.3 Å². The number of nitrogens with one attached hydrogen (secondary N) is 3. The maximum atomic E-state index is 12.2. The molecule has 9 heteroatoms. The van der Waals surface area contributed by atoms with Crippen LogP contribution < -0.4 is 16.0 Å². The van der Waals surface area contributed by atoms with Crippen molar-refractivity contribution in [2.45, 2.75) is 20.4 Å². The van der Waals surface area contributed by atoms with Crippen molar-refractivity contribution < 1.29 is 9.59 Å². The molecule has 0 radical (unpaired) electrons. The van der Waals surface area contributed by atoms with E-state index >= 15 is 0 Å². The predicted molar refractivity (Wildman–Crippen MR) is 119 cm³/mol. The normalized spacial score (nSPS) is 10.5. The Labute approximate surface area is 184 Å². The van der Waals surface area contributed by atoms with Gasteiger partial charge in [-0.1, -0.05) is 35.3 Å². The molecular weight excluding hydrogens is 425 g/mol. The molecule has 7 nitrogen and oxygen atoms in total. The Balaban J connectivity index is 1.53. The highest BCUT2D eigenvalue weighted by molar-refractivity contribution is 6.35. The van der Waals surface area contributed by atoms with E-state index in [0.29, 0.717) is 28.0 Å². The van der Waals surface area contributed by atoms with Gasteiger partial charge >= 0.3 is 6.03 Å². The van der Waals surface area contributed by atoms with Crippen LogP contribution in [0.3, 0.4) is 0 Å². The number of hydrogen-bond donors (Lipinski definition) is 3. The van der Waals surface area contributed by atoms with Gasteiger partial charge in [0.25, 0.3) is 0 Å². The number of urea groups is 1. The van der Waals surface area contributed by atoms with Gasteiger partial charge in [0.2, 0.25) is 5.91 Å². The molecule has 2 aromatic carbocycles. The van der Waals surface area contributed by atoms with E-state index in [-0.39, 0.29) is 6.54 Å². The van der Waals surface area contributed by atoms with Crippen molar-refractivity contribution in [1.82, 2.24) is 15.1 Å². The van der Waals surface area contributed by atoms with Crippen LogP contribution in [-0.4, -0.2) is 28.3 Å². The molecule has 0 aliphatic rings. The fourth-order valence-electron chi connectivity index (χ4n) is 2.88. The fraction of sp³-hybridized carbons (Fsp3) is 0.190. The van der Waals surface area contributed by atoms with E-state index in [1.54, 1.807) is 18.2 Å². The number of rotatable bonds is 6. The average molecular weight is 446 g/mol. The summed E-state index contributed by atoms with van der Waals surface area (Å²) in [5, 5.41) is 13.1. The summed E-state index contributed by atoms with van der Waals surface area (Å²) in [4.78, 5) is 24.2. The van der Waals surface area contributed by atoms with Gasteiger partial charge in [0.15, 0.2) is 0 Å². The first-order valence-corrected chi connectivity index (χ1v) is 9.95. The van der Waals surface area contributed by atoms with Crippen molar-refractivity contribution in [3.63, 3.8) is 0 Å². The molecule has 30 heavy (non-hydrogen) atoms. The molecule has 1 heterocycles. The molecule has 3 amide bonds. The highest BCUT2D eigenvalue weighted by Crippen LogP contribution is 2.25. The zero-order valence-corrected chi connectivity index (χ0v) is 18.0. The van der Waals surface area contributed by atoms with Gasteiger partial charge in [-0.2, -0.15) is 5.10 Å². The van der Waals surface area contributed by atoms with E-state index in [0.717, 1.165) is 17.0 Å². The van der Waals surface area contributed by atoms with Gasteiger partial charge < -0.3 is 16.0 Å². The zero-order valence-electron chi connectivity index (χ0n) is 16.5. The number of anilines is 2. The maximum absolute atomic E-state index is 12.2. The number of carbonyl (C=O) groups is 2. The Morgan fingerprint density at radius 1 is 1.03 bits per heavy atom. The van der Waals surface area contributed by atoms with Crippen LogP contribution in [0.1, 0.15) is 17.0 Å². The molecule has 3 N–H and O–H groups in total. The summed E-state index contributed by atoms with van der Waals surface area (Å²) >= 11 is 11.9. The number of hydrogen-bond acceptors (Lipinski definition) is 3. The Morgan fingerprint density at radius 3 is 2.57 bits per heavy atom. The largest absolute Gasteiger partial charge is 0.329 e. The fourth-order valence-corrected chi connectivity index (χ4v) is 3.22. The molecule has 0 atom stereocenters. The van der Waals surface area contributed by atoms with Crippen LogP contribution in [0.5, 0.6) is 0 Å². The molecule has 0 aliphatic heterocycles. The monoisotopic (exact) mass is 445 g/mol. The van der Waals surface area contributed by atoms with Crippen molar-refractivity contribution in [2.24, 2.45) is 0 Å². The van der Waals surface area contributed by atoms with Crippen LogP contribution >= 0.6 is 23.2 Å². The van der Waals surface area contributed by atoms with Crippen molar-refractivity contribution in [2.75, 3.05) is 17.2 Å². The Bertz CT molecular complexity index is 1080. The van der Waals surface area contributed by atoms with E-state index in [2.05, 4.69) is 21.0 Å². The van der Waals surface area contributed by atoms with Gasteiger partial charge in [-0.3, -0.25) is 9.48 Å². The smallest absolute Gasteiger partial charge is 0.319 e. The molecule has 0 bridgehead atoms. The Morgan fingerprint density at radius 2 is 1.83 bits per heavy atom.